The number of nitriles is 1. The van der Waals surface area contributed by atoms with E-state index in [1.807, 2.05) is 19.9 Å². The Morgan fingerprint density at radius 1 is 1.19 bits per heavy atom. The van der Waals surface area contributed by atoms with E-state index in [2.05, 4.69) is 20.6 Å². The van der Waals surface area contributed by atoms with Crippen LogP contribution in [0.2, 0.25) is 0 Å². The molecular formula is C15H16FN5. The summed E-state index contributed by atoms with van der Waals surface area (Å²) in [6.07, 6.45) is 0. The zero-order chi connectivity index (χ0) is 15.4. The third-order valence-corrected chi connectivity index (χ3v) is 2.88. The highest BCUT2D eigenvalue weighted by atomic mass is 19.1. The second-order valence-corrected chi connectivity index (χ2v) is 4.83. The molecule has 0 aliphatic rings. The minimum absolute atomic E-state index is 0.169. The number of hydrogen-bond donors (Lipinski definition) is 2. The highest BCUT2D eigenvalue weighted by molar-refractivity contribution is 5.65. The van der Waals surface area contributed by atoms with Crippen LogP contribution in [0.4, 0.5) is 21.7 Å². The fraction of sp³-hybridized carbons (Fsp3) is 0.267. The van der Waals surface area contributed by atoms with Crippen LogP contribution < -0.4 is 10.6 Å². The Kier molecular flexibility index (Phi) is 4.33. The van der Waals surface area contributed by atoms with Gasteiger partial charge in [-0.25, -0.2) is 14.4 Å². The van der Waals surface area contributed by atoms with Crippen molar-refractivity contribution < 1.29 is 4.39 Å². The fourth-order valence-electron chi connectivity index (χ4n) is 1.77. The minimum atomic E-state index is -0.446. The molecule has 0 saturated heterocycles. The maximum absolute atomic E-state index is 13.1. The summed E-state index contributed by atoms with van der Waals surface area (Å²) in [7, 11) is 1.77. The monoisotopic (exact) mass is 285 g/mol. The zero-order valence-corrected chi connectivity index (χ0v) is 12.1. The maximum atomic E-state index is 13.1. The Bertz CT molecular complexity index is 691. The van der Waals surface area contributed by atoms with E-state index in [-0.39, 0.29) is 11.5 Å². The number of nitrogens with one attached hydrogen (secondary N) is 2. The Hall–Kier alpha value is -2.68. The molecule has 1 aromatic carbocycles. The quantitative estimate of drug-likeness (QED) is 0.900. The van der Waals surface area contributed by atoms with Crippen LogP contribution >= 0.6 is 0 Å². The number of nitrogens with zero attached hydrogens (tertiary/aromatic N) is 3. The smallest absolute Gasteiger partial charge is 0.136 e. The number of halogens is 1. The molecule has 0 unspecified atom stereocenters. The van der Waals surface area contributed by atoms with E-state index in [1.165, 1.54) is 18.2 Å². The number of aromatic nitrogens is 2. The topological polar surface area (TPSA) is 73.6 Å². The first-order chi connectivity index (χ1) is 10.0. The van der Waals surface area contributed by atoms with Gasteiger partial charge < -0.3 is 10.6 Å². The normalized spacial score (nSPS) is 10.3. The highest BCUT2D eigenvalue weighted by Gasteiger charge is 2.10. The molecule has 1 heterocycles. The average molecular weight is 285 g/mol. The van der Waals surface area contributed by atoms with E-state index in [9.17, 15) is 4.39 Å². The van der Waals surface area contributed by atoms with Crippen LogP contribution in [-0.2, 0) is 0 Å². The van der Waals surface area contributed by atoms with Crippen LogP contribution in [0.1, 0.15) is 31.2 Å². The second kappa shape index (κ2) is 6.18. The summed E-state index contributed by atoms with van der Waals surface area (Å²) < 4.78 is 13.1. The first kappa shape index (κ1) is 14.7. The van der Waals surface area contributed by atoms with Gasteiger partial charge in [0.25, 0.3) is 0 Å². The number of rotatable bonds is 4. The molecule has 2 rings (SSSR count). The van der Waals surface area contributed by atoms with Crippen molar-refractivity contribution in [3.05, 3.63) is 41.5 Å². The van der Waals surface area contributed by atoms with E-state index >= 15 is 0 Å². The van der Waals surface area contributed by atoms with Crippen molar-refractivity contribution in [2.45, 2.75) is 19.8 Å². The van der Waals surface area contributed by atoms with Crippen LogP contribution in [0.15, 0.2) is 24.3 Å². The van der Waals surface area contributed by atoms with Gasteiger partial charge in [-0.3, -0.25) is 0 Å². The number of anilines is 3. The summed E-state index contributed by atoms with van der Waals surface area (Å²) in [4.78, 5) is 8.77. The second-order valence-electron chi connectivity index (χ2n) is 4.83. The molecule has 6 heteroatoms. The average Bonchev–Trinajstić information content (AvgIpc) is 2.48. The molecule has 0 atom stereocenters. The van der Waals surface area contributed by atoms with E-state index in [0.29, 0.717) is 23.1 Å². The Morgan fingerprint density at radius 3 is 2.52 bits per heavy atom. The van der Waals surface area contributed by atoms with Crippen LogP contribution in [0.3, 0.4) is 0 Å². The Morgan fingerprint density at radius 2 is 1.90 bits per heavy atom. The predicted molar refractivity (Wildman–Crippen MR) is 80.1 cm³/mol. The fourth-order valence-corrected chi connectivity index (χ4v) is 1.77. The van der Waals surface area contributed by atoms with Crippen LogP contribution in [0, 0.1) is 17.1 Å². The number of benzene rings is 1. The van der Waals surface area contributed by atoms with E-state index in [0.717, 1.165) is 0 Å². The van der Waals surface area contributed by atoms with Crippen molar-refractivity contribution in [2.75, 3.05) is 17.7 Å². The van der Waals surface area contributed by atoms with E-state index in [1.54, 1.807) is 13.1 Å². The van der Waals surface area contributed by atoms with Crippen molar-refractivity contribution in [1.29, 1.82) is 5.26 Å². The molecule has 0 amide bonds. The predicted octanol–water partition coefficient (Wildman–Crippen LogP) is 3.40. The lowest BCUT2D eigenvalue weighted by molar-refractivity contribution is 0.627. The molecule has 0 fully saturated rings. The van der Waals surface area contributed by atoms with Gasteiger partial charge in [0, 0.05) is 19.0 Å². The van der Waals surface area contributed by atoms with Gasteiger partial charge in [0.05, 0.1) is 11.3 Å². The molecule has 21 heavy (non-hydrogen) atoms. The molecule has 0 radical (unpaired) electrons. The highest BCUT2D eigenvalue weighted by Crippen LogP contribution is 2.23. The van der Waals surface area contributed by atoms with Gasteiger partial charge in [0.1, 0.15) is 29.3 Å². The zero-order valence-electron chi connectivity index (χ0n) is 12.1. The largest absolute Gasteiger partial charge is 0.373 e. The molecule has 0 aliphatic heterocycles. The molecule has 0 spiro atoms. The van der Waals surface area contributed by atoms with E-state index < -0.39 is 5.82 Å². The lowest BCUT2D eigenvalue weighted by Crippen LogP contribution is -2.05. The third kappa shape index (κ3) is 3.45. The van der Waals surface area contributed by atoms with Crippen molar-refractivity contribution >= 4 is 17.3 Å². The molecule has 2 N–H and O–H groups in total. The molecule has 108 valence electrons. The van der Waals surface area contributed by atoms with Gasteiger partial charge in [-0.2, -0.15) is 5.26 Å². The van der Waals surface area contributed by atoms with Crippen molar-refractivity contribution in [2.24, 2.45) is 0 Å². The van der Waals surface area contributed by atoms with Crippen molar-refractivity contribution in [3.8, 4) is 6.07 Å². The van der Waals surface area contributed by atoms with Crippen LogP contribution in [-0.4, -0.2) is 17.0 Å². The molecule has 1 aromatic heterocycles. The SMILES string of the molecule is CNc1cc(Nc2ccc(F)cc2C#N)nc(C(C)C)n1. The molecule has 0 aliphatic carbocycles. The molecule has 2 aromatic rings. The summed E-state index contributed by atoms with van der Waals surface area (Å²) in [5.41, 5.74) is 0.736. The minimum Gasteiger partial charge on any atom is -0.373 e. The first-order valence-electron chi connectivity index (χ1n) is 6.57. The maximum Gasteiger partial charge on any atom is 0.136 e. The summed E-state index contributed by atoms with van der Waals surface area (Å²) >= 11 is 0. The van der Waals surface area contributed by atoms with Gasteiger partial charge in [-0.1, -0.05) is 13.8 Å². The van der Waals surface area contributed by atoms with Crippen LogP contribution in [0.5, 0.6) is 0 Å². The Balaban J connectivity index is 2.40. The van der Waals surface area contributed by atoms with Gasteiger partial charge in [-0.05, 0) is 18.2 Å². The third-order valence-electron chi connectivity index (χ3n) is 2.88. The summed E-state index contributed by atoms with van der Waals surface area (Å²) in [5, 5.41) is 15.1. The number of hydrogen-bond acceptors (Lipinski definition) is 5. The lowest BCUT2D eigenvalue weighted by atomic mass is 10.2. The molecule has 0 bridgehead atoms. The van der Waals surface area contributed by atoms with Crippen LogP contribution in [0.25, 0.3) is 0 Å². The molecular weight excluding hydrogens is 269 g/mol. The van der Waals surface area contributed by atoms with Gasteiger partial charge in [0.2, 0.25) is 0 Å². The van der Waals surface area contributed by atoms with Gasteiger partial charge in [-0.15, -0.1) is 0 Å². The first-order valence-corrected chi connectivity index (χ1v) is 6.57. The summed E-state index contributed by atoms with van der Waals surface area (Å²) in [5.74, 6) is 1.64. The van der Waals surface area contributed by atoms with E-state index in [4.69, 9.17) is 5.26 Å². The van der Waals surface area contributed by atoms with Crippen molar-refractivity contribution in [1.82, 2.24) is 9.97 Å². The Labute approximate surface area is 122 Å². The summed E-state index contributed by atoms with van der Waals surface area (Å²) in [6.45, 7) is 3.99. The van der Waals surface area contributed by atoms with Gasteiger partial charge in [0.15, 0.2) is 0 Å². The standard InChI is InChI=1S/C15H16FN5/c1-9(2)15-20-13(18-3)7-14(21-15)19-12-5-4-11(16)6-10(12)8-17/h4-7,9H,1-3H3,(H2,18,19,20,21). The molecule has 0 saturated carbocycles. The van der Waals surface area contributed by atoms with Crippen molar-refractivity contribution in [3.63, 3.8) is 0 Å². The van der Waals surface area contributed by atoms with Gasteiger partial charge >= 0.3 is 0 Å². The summed E-state index contributed by atoms with van der Waals surface area (Å²) in [6, 6.07) is 7.70. The lowest BCUT2D eigenvalue weighted by Gasteiger charge is -2.12. The molecule has 5 nitrogen and oxygen atoms in total.